The lowest BCUT2D eigenvalue weighted by Gasteiger charge is -2.32. The van der Waals surface area contributed by atoms with Crippen LogP contribution in [0.1, 0.15) is 44.0 Å². The molecule has 8 heteroatoms. The molecule has 3 aromatic rings. The minimum Gasteiger partial charge on any atom is -0.496 e. The normalized spacial score (nSPS) is 15.0. The molecule has 0 bridgehead atoms. The number of nitrogens with zero attached hydrogens (tertiary/aromatic N) is 5. The number of fused-ring (bicyclic) bond motifs is 1. The van der Waals surface area contributed by atoms with Gasteiger partial charge in [0.2, 0.25) is 5.91 Å². The van der Waals surface area contributed by atoms with E-state index in [-0.39, 0.29) is 17.7 Å². The lowest BCUT2D eigenvalue weighted by atomic mass is 9.96. The molecule has 3 heterocycles. The third-order valence-corrected chi connectivity index (χ3v) is 5.62. The van der Waals surface area contributed by atoms with Crippen molar-refractivity contribution in [1.29, 1.82) is 0 Å². The van der Waals surface area contributed by atoms with Gasteiger partial charge < -0.3 is 15.0 Å². The molecule has 1 N–H and O–H groups in total. The molecule has 30 heavy (non-hydrogen) atoms. The molecule has 2 aromatic heterocycles. The van der Waals surface area contributed by atoms with Gasteiger partial charge >= 0.3 is 0 Å². The van der Waals surface area contributed by atoms with E-state index < -0.39 is 0 Å². The number of carbonyl (C=O) groups excluding carboxylic acids is 1. The summed E-state index contributed by atoms with van der Waals surface area (Å²) in [5.41, 5.74) is 1.74. The van der Waals surface area contributed by atoms with Gasteiger partial charge in [-0.2, -0.15) is 4.52 Å². The average Bonchev–Trinajstić information content (AvgIpc) is 3.21. The summed E-state index contributed by atoms with van der Waals surface area (Å²) in [4.78, 5) is 14.9. The molecular weight excluding hydrogens is 380 g/mol. The number of para-hydroxylation sites is 1. The van der Waals surface area contributed by atoms with Gasteiger partial charge in [0.25, 0.3) is 0 Å². The number of hydrogen-bond donors (Lipinski definition) is 1. The second-order valence-corrected chi connectivity index (χ2v) is 7.97. The van der Waals surface area contributed by atoms with Crippen LogP contribution in [0.2, 0.25) is 0 Å². The molecule has 0 aliphatic carbocycles. The Balaban J connectivity index is 1.36. The number of rotatable bonds is 6. The maximum absolute atomic E-state index is 12.7. The molecule has 1 fully saturated rings. The van der Waals surface area contributed by atoms with E-state index in [9.17, 15) is 4.79 Å². The Morgan fingerprint density at radius 1 is 1.17 bits per heavy atom. The molecule has 4 rings (SSSR count). The number of aromatic nitrogens is 4. The second kappa shape index (κ2) is 8.69. The lowest BCUT2D eigenvalue weighted by molar-refractivity contribution is -0.125. The Bertz CT molecular complexity index is 1020. The Labute approximate surface area is 176 Å². The van der Waals surface area contributed by atoms with Gasteiger partial charge in [-0.3, -0.25) is 4.79 Å². The van der Waals surface area contributed by atoms with E-state index >= 15 is 0 Å². The summed E-state index contributed by atoms with van der Waals surface area (Å²) in [5, 5.41) is 16.2. The number of amides is 1. The first-order valence-corrected chi connectivity index (χ1v) is 10.4. The van der Waals surface area contributed by atoms with Crippen LogP contribution >= 0.6 is 0 Å². The Hall–Kier alpha value is -3.16. The van der Waals surface area contributed by atoms with Crippen LogP contribution in [-0.2, 0) is 11.3 Å². The fraction of sp³-hybridized carbons (Fsp3) is 0.455. The van der Waals surface area contributed by atoms with Crippen LogP contribution in [0, 0.1) is 5.92 Å². The van der Waals surface area contributed by atoms with Crippen LogP contribution < -0.4 is 15.0 Å². The van der Waals surface area contributed by atoms with Crippen LogP contribution in [0.15, 0.2) is 36.4 Å². The molecule has 0 spiro atoms. The van der Waals surface area contributed by atoms with Crippen molar-refractivity contribution in [2.24, 2.45) is 5.92 Å². The van der Waals surface area contributed by atoms with Crippen molar-refractivity contribution in [2.75, 3.05) is 25.1 Å². The first-order valence-electron chi connectivity index (χ1n) is 10.4. The predicted molar refractivity (Wildman–Crippen MR) is 115 cm³/mol. The summed E-state index contributed by atoms with van der Waals surface area (Å²) in [6, 6.07) is 11.7. The van der Waals surface area contributed by atoms with Gasteiger partial charge in [-0.15, -0.1) is 15.3 Å². The van der Waals surface area contributed by atoms with Gasteiger partial charge in [-0.25, -0.2) is 0 Å². The fourth-order valence-electron chi connectivity index (χ4n) is 3.87. The zero-order valence-electron chi connectivity index (χ0n) is 17.7. The highest BCUT2D eigenvalue weighted by molar-refractivity contribution is 5.79. The van der Waals surface area contributed by atoms with Crippen LogP contribution in [0.3, 0.4) is 0 Å². The third-order valence-electron chi connectivity index (χ3n) is 5.62. The Morgan fingerprint density at radius 3 is 2.67 bits per heavy atom. The number of nitrogens with one attached hydrogen (secondary N) is 1. The molecule has 0 saturated carbocycles. The van der Waals surface area contributed by atoms with Crippen LogP contribution in [0.4, 0.5) is 5.82 Å². The minimum absolute atomic E-state index is 0.0147. The number of hydrogen-bond acceptors (Lipinski definition) is 6. The molecule has 8 nitrogen and oxygen atoms in total. The van der Waals surface area contributed by atoms with E-state index in [1.807, 2.05) is 40.9 Å². The maximum Gasteiger partial charge on any atom is 0.223 e. The molecule has 0 atom stereocenters. The zero-order valence-corrected chi connectivity index (χ0v) is 17.7. The van der Waals surface area contributed by atoms with Crippen molar-refractivity contribution in [1.82, 2.24) is 25.1 Å². The third kappa shape index (κ3) is 4.08. The van der Waals surface area contributed by atoms with Gasteiger partial charge in [0.1, 0.15) is 11.6 Å². The summed E-state index contributed by atoms with van der Waals surface area (Å²) < 4.78 is 7.18. The summed E-state index contributed by atoms with van der Waals surface area (Å²) in [6.45, 7) is 6.24. The number of ether oxygens (including phenoxy) is 1. The van der Waals surface area contributed by atoms with E-state index in [1.165, 1.54) is 0 Å². The molecule has 1 saturated heterocycles. The number of anilines is 1. The minimum atomic E-state index is 0.0147. The van der Waals surface area contributed by atoms with Gasteiger partial charge in [-0.05, 0) is 31.0 Å². The van der Waals surface area contributed by atoms with Crippen LogP contribution in [-0.4, -0.2) is 45.9 Å². The SMILES string of the molecule is COc1ccccc1CNC(=O)C1CCN(c2ccc3nnc(C(C)C)n3n2)CC1. The van der Waals surface area contributed by atoms with Gasteiger partial charge in [0.15, 0.2) is 11.5 Å². The molecule has 0 radical (unpaired) electrons. The maximum atomic E-state index is 12.7. The Kier molecular flexibility index (Phi) is 5.83. The van der Waals surface area contributed by atoms with Crippen molar-refractivity contribution in [3.05, 3.63) is 47.8 Å². The van der Waals surface area contributed by atoms with Gasteiger partial charge in [0, 0.05) is 37.0 Å². The highest BCUT2D eigenvalue weighted by atomic mass is 16.5. The van der Waals surface area contributed by atoms with E-state index in [0.717, 1.165) is 54.5 Å². The zero-order chi connectivity index (χ0) is 21.1. The van der Waals surface area contributed by atoms with E-state index in [4.69, 9.17) is 9.84 Å². The van der Waals surface area contributed by atoms with Crippen molar-refractivity contribution in [3.63, 3.8) is 0 Å². The summed E-state index contributed by atoms with van der Waals surface area (Å²) in [5.74, 6) is 2.92. The first kappa shape index (κ1) is 20.1. The van der Waals surface area contributed by atoms with Crippen LogP contribution in [0.5, 0.6) is 5.75 Å². The van der Waals surface area contributed by atoms with Crippen molar-refractivity contribution < 1.29 is 9.53 Å². The lowest BCUT2D eigenvalue weighted by Crippen LogP contribution is -2.40. The predicted octanol–water partition coefficient (Wildman–Crippen LogP) is 2.79. The number of piperidine rings is 1. The second-order valence-electron chi connectivity index (χ2n) is 7.97. The highest BCUT2D eigenvalue weighted by Crippen LogP contribution is 2.24. The van der Waals surface area contributed by atoms with Crippen molar-refractivity contribution >= 4 is 17.4 Å². The molecule has 158 valence electrons. The average molecular weight is 409 g/mol. The van der Waals surface area contributed by atoms with Gasteiger partial charge in [0.05, 0.1) is 7.11 Å². The largest absolute Gasteiger partial charge is 0.496 e. The number of methoxy groups -OCH3 is 1. The quantitative estimate of drug-likeness (QED) is 0.675. The fourth-order valence-corrected chi connectivity index (χ4v) is 3.87. The first-order chi connectivity index (χ1) is 14.6. The molecule has 1 amide bonds. The highest BCUT2D eigenvalue weighted by Gasteiger charge is 2.26. The topological polar surface area (TPSA) is 84.6 Å². The molecule has 1 aliphatic heterocycles. The monoisotopic (exact) mass is 408 g/mol. The summed E-state index contributed by atoms with van der Waals surface area (Å²) >= 11 is 0. The molecule has 1 aromatic carbocycles. The Morgan fingerprint density at radius 2 is 1.93 bits per heavy atom. The van der Waals surface area contributed by atoms with E-state index in [0.29, 0.717) is 6.54 Å². The van der Waals surface area contributed by atoms with E-state index in [2.05, 4.69) is 34.3 Å². The van der Waals surface area contributed by atoms with Crippen molar-refractivity contribution in [3.8, 4) is 5.75 Å². The summed E-state index contributed by atoms with van der Waals surface area (Å²) in [7, 11) is 1.64. The van der Waals surface area contributed by atoms with Crippen molar-refractivity contribution in [2.45, 2.75) is 39.2 Å². The smallest absolute Gasteiger partial charge is 0.223 e. The molecule has 1 aliphatic rings. The molecule has 0 unspecified atom stereocenters. The standard InChI is InChI=1S/C22H28N6O2/c1-15(2)21-25-24-19-8-9-20(26-28(19)21)27-12-10-16(11-13-27)22(29)23-14-17-6-4-5-7-18(17)30-3/h4-9,15-16H,10-14H2,1-3H3,(H,23,29). The number of benzene rings is 1. The van der Waals surface area contributed by atoms with Crippen LogP contribution in [0.25, 0.3) is 5.65 Å². The molecular formula is C22H28N6O2. The summed E-state index contributed by atoms with van der Waals surface area (Å²) in [6.07, 6.45) is 1.60. The van der Waals surface area contributed by atoms with E-state index in [1.54, 1.807) is 7.11 Å². The van der Waals surface area contributed by atoms with Gasteiger partial charge in [-0.1, -0.05) is 32.0 Å². The number of carbonyl (C=O) groups is 1.